The molecule has 0 unspecified atom stereocenters. The van der Waals surface area contributed by atoms with Gasteiger partial charge in [-0.05, 0) is 35.9 Å². The number of carbonyl (C=O) groups excluding carboxylic acids is 2. The van der Waals surface area contributed by atoms with E-state index in [4.69, 9.17) is 12.2 Å². The van der Waals surface area contributed by atoms with E-state index >= 15 is 0 Å². The first kappa shape index (κ1) is 18.9. The number of nitrogens with zero attached hydrogens (tertiary/aromatic N) is 1. The number of hydrogen-bond acceptors (Lipinski definition) is 6. The lowest BCUT2D eigenvalue weighted by Gasteiger charge is -2.14. The number of anilines is 1. The lowest BCUT2D eigenvalue weighted by Crippen LogP contribution is -2.31. The largest absolute Gasteiger partial charge is 0.508 e. The summed E-state index contributed by atoms with van der Waals surface area (Å²) in [6.45, 7) is 0.150. The summed E-state index contributed by atoms with van der Waals surface area (Å²) < 4.78 is 0.389. The summed E-state index contributed by atoms with van der Waals surface area (Å²) >= 11 is 6.42. The summed E-state index contributed by atoms with van der Waals surface area (Å²) in [6, 6.07) is 12.9. The van der Waals surface area contributed by atoms with Gasteiger partial charge in [-0.15, -0.1) is 0 Å². The predicted molar refractivity (Wildman–Crippen MR) is 109 cm³/mol. The molecule has 138 valence electrons. The molecule has 3 N–H and O–H groups in total. The molecule has 0 saturated carbocycles. The van der Waals surface area contributed by atoms with E-state index in [9.17, 15) is 19.8 Å². The first-order valence-corrected chi connectivity index (χ1v) is 9.29. The molecule has 0 radical (unpaired) electrons. The maximum absolute atomic E-state index is 12.5. The van der Waals surface area contributed by atoms with Gasteiger partial charge in [0.05, 0.1) is 10.6 Å². The van der Waals surface area contributed by atoms with Crippen LogP contribution in [0.4, 0.5) is 5.69 Å². The van der Waals surface area contributed by atoms with Gasteiger partial charge >= 0.3 is 0 Å². The van der Waals surface area contributed by atoms with Crippen LogP contribution < -0.4 is 5.32 Å². The lowest BCUT2D eigenvalue weighted by atomic mass is 10.2. The summed E-state index contributed by atoms with van der Waals surface area (Å²) in [5, 5.41) is 21.6. The number of aromatic hydroxyl groups is 2. The maximum atomic E-state index is 12.5. The highest BCUT2D eigenvalue weighted by Gasteiger charge is 2.32. The summed E-state index contributed by atoms with van der Waals surface area (Å²) in [5.41, 5.74) is 1.09. The zero-order chi connectivity index (χ0) is 19.4. The molecular weight excluding hydrogens is 384 g/mol. The van der Waals surface area contributed by atoms with Crippen LogP contribution in [-0.4, -0.2) is 37.8 Å². The highest BCUT2D eigenvalue weighted by molar-refractivity contribution is 8.26. The number of rotatable bonds is 5. The van der Waals surface area contributed by atoms with Crippen molar-refractivity contribution >= 4 is 51.9 Å². The number of carbonyl (C=O) groups is 2. The molecule has 1 aliphatic rings. The van der Waals surface area contributed by atoms with Crippen molar-refractivity contribution in [2.45, 2.75) is 6.42 Å². The van der Waals surface area contributed by atoms with Crippen molar-refractivity contribution in [3.8, 4) is 11.5 Å². The number of phenolic OH excluding ortho intramolecular Hbond substituents is 2. The minimum Gasteiger partial charge on any atom is -0.508 e. The van der Waals surface area contributed by atoms with Gasteiger partial charge in [0.25, 0.3) is 5.91 Å². The molecule has 2 aromatic carbocycles. The Morgan fingerprint density at radius 2 is 1.85 bits per heavy atom. The molecule has 2 aromatic rings. The average molecular weight is 400 g/mol. The molecular formula is C19H16N2O4S2. The van der Waals surface area contributed by atoms with Crippen LogP contribution in [0.2, 0.25) is 0 Å². The van der Waals surface area contributed by atoms with Crippen LogP contribution in [0.3, 0.4) is 0 Å². The molecule has 2 amide bonds. The Labute approximate surface area is 165 Å². The van der Waals surface area contributed by atoms with E-state index in [0.29, 0.717) is 14.9 Å². The smallest absolute Gasteiger partial charge is 0.266 e. The van der Waals surface area contributed by atoms with Crippen molar-refractivity contribution in [1.82, 2.24) is 4.90 Å². The molecule has 1 heterocycles. The van der Waals surface area contributed by atoms with Gasteiger partial charge in [0, 0.05) is 13.0 Å². The number of para-hydroxylation sites is 2. The molecule has 0 aliphatic carbocycles. The number of hydrogen-bond donors (Lipinski definition) is 3. The summed E-state index contributed by atoms with van der Waals surface area (Å²) in [6.07, 6.45) is 1.74. The van der Waals surface area contributed by atoms with Crippen molar-refractivity contribution in [1.29, 1.82) is 0 Å². The Morgan fingerprint density at radius 3 is 2.56 bits per heavy atom. The van der Waals surface area contributed by atoms with Crippen LogP contribution in [-0.2, 0) is 9.59 Å². The molecule has 27 heavy (non-hydrogen) atoms. The second-order valence-electron chi connectivity index (χ2n) is 5.74. The Morgan fingerprint density at radius 1 is 1.15 bits per heavy atom. The number of nitrogens with one attached hydrogen (secondary N) is 1. The highest BCUT2D eigenvalue weighted by Crippen LogP contribution is 2.33. The van der Waals surface area contributed by atoms with E-state index in [1.54, 1.807) is 36.4 Å². The third-order valence-corrected chi connectivity index (χ3v) is 5.18. The van der Waals surface area contributed by atoms with E-state index in [2.05, 4.69) is 5.32 Å². The second-order valence-corrected chi connectivity index (χ2v) is 7.42. The molecule has 3 rings (SSSR count). The molecule has 0 spiro atoms. The monoisotopic (exact) mass is 400 g/mol. The third-order valence-electron chi connectivity index (χ3n) is 3.81. The van der Waals surface area contributed by atoms with Gasteiger partial charge in [0.15, 0.2) is 0 Å². The lowest BCUT2D eigenvalue weighted by molar-refractivity contribution is -0.122. The zero-order valence-corrected chi connectivity index (χ0v) is 15.7. The van der Waals surface area contributed by atoms with Crippen LogP contribution in [0.15, 0.2) is 53.4 Å². The Hall–Kier alpha value is -2.84. The molecule has 0 bridgehead atoms. The maximum Gasteiger partial charge on any atom is 0.266 e. The first-order valence-electron chi connectivity index (χ1n) is 8.06. The summed E-state index contributed by atoms with van der Waals surface area (Å²) in [4.78, 5) is 26.5. The molecule has 6 nitrogen and oxygen atoms in total. The predicted octanol–water partition coefficient (Wildman–Crippen LogP) is 3.33. The molecule has 1 fully saturated rings. The minimum absolute atomic E-state index is 0.0201. The average Bonchev–Trinajstić information content (AvgIpc) is 2.90. The first-order chi connectivity index (χ1) is 12.9. The van der Waals surface area contributed by atoms with E-state index in [-0.39, 0.29) is 36.3 Å². The van der Waals surface area contributed by atoms with Gasteiger partial charge < -0.3 is 15.5 Å². The molecule has 0 atom stereocenters. The van der Waals surface area contributed by atoms with Crippen molar-refractivity contribution < 1.29 is 19.8 Å². The number of thioether (sulfide) groups is 1. The van der Waals surface area contributed by atoms with Gasteiger partial charge in [-0.25, -0.2) is 0 Å². The van der Waals surface area contributed by atoms with E-state index in [0.717, 1.165) is 5.56 Å². The van der Waals surface area contributed by atoms with Crippen molar-refractivity contribution in [3.05, 3.63) is 59.0 Å². The fourth-order valence-corrected chi connectivity index (χ4v) is 3.73. The van der Waals surface area contributed by atoms with Gasteiger partial charge in [-0.1, -0.05) is 48.2 Å². The number of thiocarbonyl (C=S) groups is 1. The van der Waals surface area contributed by atoms with Crippen LogP contribution in [0, 0.1) is 0 Å². The van der Waals surface area contributed by atoms with Crippen molar-refractivity contribution in [2.24, 2.45) is 0 Å². The Balaban J connectivity index is 1.61. The second kappa shape index (κ2) is 8.24. The number of benzene rings is 2. The highest BCUT2D eigenvalue weighted by atomic mass is 32.2. The van der Waals surface area contributed by atoms with Gasteiger partial charge in [-0.2, -0.15) is 0 Å². The fourth-order valence-electron chi connectivity index (χ4n) is 2.42. The molecule has 8 heteroatoms. The number of amides is 2. The molecule has 1 saturated heterocycles. The SMILES string of the molecule is O=C(CCN1C(=O)/C(=C/c2ccc(O)cc2)SC1=S)Nc1ccccc1O. The normalized spacial score (nSPS) is 15.4. The third kappa shape index (κ3) is 4.66. The van der Waals surface area contributed by atoms with Gasteiger partial charge in [0.1, 0.15) is 15.8 Å². The van der Waals surface area contributed by atoms with E-state index < -0.39 is 0 Å². The topological polar surface area (TPSA) is 89.9 Å². The Kier molecular flexibility index (Phi) is 5.78. The molecule has 1 aliphatic heterocycles. The van der Waals surface area contributed by atoms with E-state index in [1.807, 2.05) is 0 Å². The minimum atomic E-state index is -0.326. The zero-order valence-electron chi connectivity index (χ0n) is 14.1. The summed E-state index contributed by atoms with van der Waals surface area (Å²) in [7, 11) is 0. The standard InChI is InChI=1S/C19H16N2O4S2/c22-13-7-5-12(6-8-13)11-16-18(25)21(19(26)27-16)10-9-17(24)20-14-3-1-2-4-15(14)23/h1-8,11,22-23H,9-10H2,(H,20,24)/b16-11-. The summed E-state index contributed by atoms with van der Waals surface area (Å²) in [5.74, 6) is -0.454. The van der Waals surface area contributed by atoms with Gasteiger partial charge in [-0.3, -0.25) is 14.5 Å². The Bertz CT molecular complexity index is 926. The van der Waals surface area contributed by atoms with Crippen LogP contribution in [0.1, 0.15) is 12.0 Å². The van der Waals surface area contributed by atoms with Crippen LogP contribution in [0.5, 0.6) is 11.5 Å². The van der Waals surface area contributed by atoms with Crippen molar-refractivity contribution in [2.75, 3.05) is 11.9 Å². The van der Waals surface area contributed by atoms with Crippen molar-refractivity contribution in [3.63, 3.8) is 0 Å². The number of phenols is 2. The quantitative estimate of drug-likeness (QED) is 0.405. The molecule has 0 aromatic heterocycles. The fraction of sp³-hybridized carbons (Fsp3) is 0.105. The van der Waals surface area contributed by atoms with Crippen LogP contribution >= 0.6 is 24.0 Å². The van der Waals surface area contributed by atoms with Gasteiger partial charge in [0.2, 0.25) is 5.91 Å². The van der Waals surface area contributed by atoms with Crippen LogP contribution in [0.25, 0.3) is 6.08 Å². The van der Waals surface area contributed by atoms with E-state index in [1.165, 1.54) is 34.9 Å².